The van der Waals surface area contributed by atoms with Gasteiger partial charge in [-0.2, -0.15) is 5.48 Å². The van der Waals surface area contributed by atoms with Crippen LogP contribution in [0.1, 0.15) is 49.4 Å². The number of anilines is 1. The summed E-state index contributed by atoms with van der Waals surface area (Å²) in [4.78, 5) is 28.7. The lowest BCUT2D eigenvalue weighted by Crippen LogP contribution is -2.33. The van der Waals surface area contributed by atoms with E-state index in [2.05, 4.69) is 5.48 Å². The summed E-state index contributed by atoms with van der Waals surface area (Å²) >= 11 is 0. The van der Waals surface area contributed by atoms with Crippen molar-refractivity contribution in [2.75, 3.05) is 5.73 Å². The number of halogens is 1. The number of nitrogens with one attached hydrogen (secondary N) is 1. The lowest BCUT2D eigenvalue weighted by atomic mass is 9.81. The van der Waals surface area contributed by atoms with E-state index in [0.717, 1.165) is 37.8 Å². The summed E-state index contributed by atoms with van der Waals surface area (Å²) in [7, 11) is 0. The molecule has 0 saturated heterocycles. The number of nitrogen functional groups attached to an aromatic ring is 1. The van der Waals surface area contributed by atoms with E-state index in [0.29, 0.717) is 5.92 Å². The molecule has 0 bridgehead atoms. The highest BCUT2D eigenvalue weighted by Gasteiger charge is 2.27. The highest BCUT2D eigenvalue weighted by molar-refractivity contribution is 5.99. The van der Waals surface area contributed by atoms with E-state index < -0.39 is 17.7 Å². The molecule has 0 spiro atoms. The van der Waals surface area contributed by atoms with Crippen molar-refractivity contribution in [2.45, 2.75) is 39.0 Å². The smallest absolute Gasteiger partial charge is 0.335 e. The third-order valence-corrected chi connectivity index (χ3v) is 4.23. The fourth-order valence-corrected chi connectivity index (χ4v) is 2.81. The first-order chi connectivity index (χ1) is 10.5. The zero-order valence-corrected chi connectivity index (χ0v) is 12.6. The Morgan fingerprint density at radius 1 is 1.32 bits per heavy atom. The first-order valence-electron chi connectivity index (χ1n) is 7.55. The number of hydrogen-bond acceptors (Lipinski definition) is 4. The van der Waals surface area contributed by atoms with Gasteiger partial charge in [-0.1, -0.05) is 26.2 Å². The average molecular weight is 308 g/mol. The number of hydrogen-bond donors (Lipinski definition) is 2. The van der Waals surface area contributed by atoms with Crippen LogP contribution in [0.15, 0.2) is 18.2 Å². The molecule has 1 fully saturated rings. The zero-order chi connectivity index (χ0) is 16.1. The van der Waals surface area contributed by atoms with Gasteiger partial charge in [0, 0.05) is 5.69 Å². The Morgan fingerprint density at radius 3 is 2.64 bits per heavy atom. The second-order valence-electron chi connectivity index (χ2n) is 5.77. The van der Waals surface area contributed by atoms with Crippen molar-refractivity contribution in [1.82, 2.24) is 5.48 Å². The molecule has 120 valence electrons. The standard InChI is InChI=1S/C16H21FN2O3/c1-10(11-5-3-2-4-6-11)16(21)22-19-15(20)13-8-7-12(17)9-14(13)18/h7-11H,2-6,18H2,1H3,(H,19,20)/t10-/m0/s1. The van der Waals surface area contributed by atoms with Crippen molar-refractivity contribution < 1.29 is 18.8 Å². The van der Waals surface area contributed by atoms with Gasteiger partial charge < -0.3 is 10.6 Å². The Morgan fingerprint density at radius 2 is 2.00 bits per heavy atom. The maximum absolute atomic E-state index is 12.9. The number of hydroxylamine groups is 1. The maximum Gasteiger partial charge on any atom is 0.335 e. The van der Waals surface area contributed by atoms with Gasteiger partial charge in [0.05, 0.1) is 11.5 Å². The van der Waals surface area contributed by atoms with Gasteiger partial charge in [0.25, 0.3) is 5.91 Å². The molecule has 0 heterocycles. The second-order valence-corrected chi connectivity index (χ2v) is 5.77. The molecule has 1 saturated carbocycles. The normalized spacial score (nSPS) is 16.8. The van der Waals surface area contributed by atoms with Gasteiger partial charge in [0.2, 0.25) is 0 Å². The fraction of sp³-hybridized carbons (Fsp3) is 0.500. The summed E-state index contributed by atoms with van der Waals surface area (Å²) in [6.07, 6.45) is 5.48. The fourth-order valence-electron chi connectivity index (χ4n) is 2.81. The SMILES string of the molecule is C[C@H](C(=O)ONC(=O)c1ccc(F)cc1N)C1CCCCC1. The lowest BCUT2D eigenvalue weighted by molar-refractivity contribution is -0.155. The molecule has 0 radical (unpaired) electrons. The molecule has 0 unspecified atom stereocenters. The Bertz CT molecular complexity index is 556. The molecule has 1 amide bonds. The zero-order valence-electron chi connectivity index (χ0n) is 12.6. The number of carbonyl (C=O) groups excluding carboxylic acids is 2. The van der Waals surface area contributed by atoms with Crippen molar-refractivity contribution in [2.24, 2.45) is 11.8 Å². The minimum Gasteiger partial charge on any atom is -0.398 e. The molecule has 22 heavy (non-hydrogen) atoms. The van der Waals surface area contributed by atoms with Crippen LogP contribution in [0.5, 0.6) is 0 Å². The van der Waals surface area contributed by atoms with Gasteiger partial charge >= 0.3 is 5.97 Å². The molecule has 1 aliphatic rings. The number of benzene rings is 1. The Balaban J connectivity index is 1.88. The highest BCUT2D eigenvalue weighted by atomic mass is 19.1. The van der Waals surface area contributed by atoms with Crippen LogP contribution in [-0.2, 0) is 9.63 Å². The molecule has 0 aromatic heterocycles. The Kier molecular flexibility index (Phi) is 5.35. The van der Waals surface area contributed by atoms with Crippen LogP contribution in [-0.4, -0.2) is 11.9 Å². The van der Waals surface area contributed by atoms with Crippen LogP contribution in [0.25, 0.3) is 0 Å². The van der Waals surface area contributed by atoms with Gasteiger partial charge in [0.1, 0.15) is 5.82 Å². The van der Waals surface area contributed by atoms with Crippen LogP contribution in [0.3, 0.4) is 0 Å². The molecular formula is C16H21FN2O3. The second kappa shape index (κ2) is 7.24. The number of nitrogens with two attached hydrogens (primary N) is 1. The summed E-state index contributed by atoms with van der Waals surface area (Å²) in [5.41, 5.74) is 7.72. The maximum atomic E-state index is 12.9. The lowest BCUT2D eigenvalue weighted by Gasteiger charge is -2.25. The molecular weight excluding hydrogens is 287 g/mol. The molecule has 1 aromatic carbocycles. The van der Waals surface area contributed by atoms with Crippen molar-refractivity contribution in [1.29, 1.82) is 0 Å². The molecule has 5 nitrogen and oxygen atoms in total. The highest BCUT2D eigenvalue weighted by Crippen LogP contribution is 2.30. The molecule has 6 heteroatoms. The topological polar surface area (TPSA) is 81.4 Å². The summed E-state index contributed by atoms with van der Waals surface area (Å²) < 4.78 is 12.9. The van der Waals surface area contributed by atoms with E-state index in [4.69, 9.17) is 10.6 Å². The van der Waals surface area contributed by atoms with Crippen LogP contribution in [0.4, 0.5) is 10.1 Å². The van der Waals surface area contributed by atoms with E-state index >= 15 is 0 Å². The summed E-state index contributed by atoms with van der Waals surface area (Å²) in [6.45, 7) is 1.82. The van der Waals surface area contributed by atoms with Gasteiger partial charge in [-0.15, -0.1) is 0 Å². The van der Waals surface area contributed by atoms with E-state index in [1.165, 1.54) is 12.5 Å². The minimum atomic E-state index is -0.665. The van der Waals surface area contributed by atoms with E-state index in [1.54, 1.807) is 0 Å². The summed E-state index contributed by atoms with van der Waals surface area (Å²) in [5.74, 6) is -1.61. The molecule has 0 aliphatic heterocycles. The van der Waals surface area contributed by atoms with E-state index in [-0.39, 0.29) is 17.2 Å². The third-order valence-electron chi connectivity index (χ3n) is 4.23. The molecule has 1 atom stereocenters. The number of rotatable bonds is 3. The third kappa shape index (κ3) is 3.96. The van der Waals surface area contributed by atoms with Crippen LogP contribution < -0.4 is 11.2 Å². The van der Waals surface area contributed by atoms with Gasteiger partial charge in [0.15, 0.2) is 0 Å². The summed E-state index contributed by atoms with van der Waals surface area (Å²) in [6, 6.07) is 3.41. The average Bonchev–Trinajstić information content (AvgIpc) is 2.52. The largest absolute Gasteiger partial charge is 0.398 e. The first-order valence-corrected chi connectivity index (χ1v) is 7.55. The Labute approximate surface area is 129 Å². The van der Waals surface area contributed by atoms with Gasteiger partial charge in [-0.25, -0.2) is 9.18 Å². The van der Waals surface area contributed by atoms with Gasteiger partial charge in [-0.05, 0) is 37.0 Å². The molecule has 1 aromatic rings. The van der Waals surface area contributed by atoms with Crippen LogP contribution >= 0.6 is 0 Å². The monoisotopic (exact) mass is 308 g/mol. The predicted octanol–water partition coefficient (Wildman–Crippen LogP) is 2.81. The van der Waals surface area contributed by atoms with Crippen molar-refractivity contribution in [3.63, 3.8) is 0 Å². The minimum absolute atomic E-state index is 0.00567. The van der Waals surface area contributed by atoms with Gasteiger partial charge in [-0.3, -0.25) is 4.79 Å². The van der Waals surface area contributed by atoms with E-state index in [9.17, 15) is 14.0 Å². The quantitative estimate of drug-likeness (QED) is 0.664. The van der Waals surface area contributed by atoms with E-state index in [1.807, 2.05) is 6.92 Å². The summed E-state index contributed by atoms with van der Waals surface area (Å²) in [5, 5.41) is 0. The number of carbonyl (C=O) groups is 2. The Hall–Kier alpha value is -2.11. The molecule has 1 aliphatic carbocycles. The number of amides is 1. The van der Waals surface area contributed by atoms with Crippen molar-refractivity contribution >= 4 is 17.6 Å². The molecule has 2 rings (SSSR count). The van der Waals surface area contributed by atoms with Crippen LogP contribution in [0.2, 0.25) is 0 Å². The first kappa shape index (κ1) is 16.3. The van der Waals surface area contributed by atoms with Crippen molar-refractivity contribution in [3.8, 4) is 0 Å². The van der Waals surface area contributed by atoms with Crippen molar-refractivity contribution in [3.05, 3.63) is 29.6 Å². The van der Waals surface area contributed by atoms with Crippen LogP contribution in [0, 0.1) is 17.7 Å². The molecule has 3 N–H and O–H groups in total. The predicted molar refractivity (Wildman–Crippen MR) is 80.1 cm³/mol.